The fourth-order valence-corrected chi connectivity index (χ4v) is 4.63. The summed E-state index contributed by atoms with van der Waals surface area (Å²) < 4.78 is 7.56. The van der Waals surface area contributed by atoms with Gasteiger partial charge in [0, 0.05) is 11.5 Å². The van der Waals surface area contributed by atoms with Gasteiger partial charge in [0.1, 0.15) is 11.6 Å². The first-order valence-electron chi connectivity index (χ1n) is 9.81. The van der Waals surface area contributed by atoms with E-state index in [-0.39, 0.29) is 17.0 Å². The molecule has 0 amide bonds. The second kappa shape index (κ2) is 7.95. The van der Waals surface area contributed by atoms with Gasteiger partial charge in [-0.05, 0) is 55.5 Å². The highest BCUT2D eigenvalue weighted by atomic mass is 32.2. The molecule has 3 aromatic rings. The van der Waals surface area contributed by atoms with Gasteiger partial charge in [-0.1, -0.05) is 37.7 Å². The summed E-state index contributed by atoms with van der Waals surface area (Å²) in [7, 11) is 0. The quantitative estimate of drug-likeness (QED) is 0.421. The van der Waals surface area contributed by atoms with Crippen LogP contribution in [-0.4, -0.2) is 25.8 Å². The summed E-state index contributed by atoms with van der Waals surface area (Å²) in [6, 6.07) is 9.98. The molecule has 0 unspecified atom stereocenters. The number of aryl methyl sites for hydroxylation is 2. The van der Waals surface area contributed by atoms with E-state index in [1.165, 1.54) is 29.3 Å². The van der Waals surface area contributed by atoms with Crippen molar-refractivity contribution >= 4 is 17.5 Å². The van der Waals surface area contributed by atoms with E-state index >= 15 is 0 Å². The average molecular weight is 396 g/mol. The highest BCUT2D eigenvalue weighted by Gasteiger charge is 2.23. The second-order valence-electron chi connectivity index (χ2n) is 7.62. The highest BCUT2D eigenvalue weighted by molar-refractivity contribution is 8.00. The van der Waals surface area contributed by atoms with E-state index in [9.17, 15) is 4.79 Å². The number of carbonyl (C=O) groups excluding carboxylic acids is 1. The number of Topliss-reactive ketones (excluding diaryl/α,β-unsaturated/α-hetero) is 1. The van der Waals surface area contributed by atoms with E-state index in [1.807, 2.05) is 25.1 Å². The first kappa shape index (κ1) is 19.0. The number of benzene rings is 1. The van der Waals surface area contributed by atoms with Crippen molar-refractivity contribution in [2.24, 2.45) is 0 Å². The zero-order valence-electron chi connectivity index (χ0n) is 16.5. The molecule has 4 rings (SSSR count). The van der Waals surface area contributed by atoms with E-state index in [1.54, 1.807) is 6.26 Å². The normalized spacial score (nSPS) is 14.4. The monoisotopic (exact) mass is 395 g/mol. The van der Waals surface area contributed by atoms with E-state index in [4.69, 9.17) is 4.42 Å². The maximum absolute atomic E-state index is 13.0. The molecule has 2 heterocycles. The van der Waals surface area contributed by atoms with Gasteiger partial charge in [0.05, 0.1) is 18.1 Å². The Morgan fingerprint density at radius 2 is 2.00 bits per heavy atom. The minimum Gasteiger partial charge on any atom is -0.467 e. The molecule has 0 fully saturated rings. The predicted molar refractivity (Wildman–Crippen MR) is 110 cm³/mol. The van der Waals surface area contributed by atoms with Crippen molar-refractivity contribution in [2.75, 3.05) is 0 Å². The fraction of sp³-hybridized carbons (Fsp3) is 0.409. The molecule has 1 aliphatic carbocycles. The first-order chi connectivity index (χ1) is 13.5. The van der Waals surface area contributed by atoms with Crippen molar-refractivity contribution in [2.45, 2.75) is 62.9 Å². The Kier molecular flexibility index (Phi) is 5.40. The summed E-state index contributed by atoms with van der Waals surface area (Å²) in [6.07, 6.45) is 5.06. The molecule has 1 aliphatic rings. The van der Waals surface area contributed by atoms with Gasteiger partial charge >= 0.3 is 0 Å². The first-order valence-corrected chi connectivity index (χ1v) is 10.7. The van der Waals surface area contributed by atoms with Crippen LogP contribution < -0.4 is 0 Å². The number of rotatable bonds is 7. The van der Waals surface area contributed by atoms with Gasteiger partial charge < -0.3 is 4.42 Å². The molecule has 0 saturated heterocycles. The van der Waals surface area contributed by atoms with Gasteiger partial charge in [-0.3, -0.25) is 9.36 Å². The third-order valence-corrected chi connectivity index (χ3v) is 6.27. The van der Waals surface area contributed by atoms with Gasteiger partial charge in [0.2, 0.25) is 0 Å². The Morgan fingerprint density at radius 3 is 2.75 bits per heavy atom. The third-order valence-electron chi connectivity index (χ3n) is 5.19. The Hall–Kier alpha value is -2.34. The largest absolute Gasteiger partial charge is 0.467 e. The standard InChI is InChI=1S/C22H25N3O2S/c1-14(2)21-23-24-22(25(21)13-19-8-5-11-27-19)28-15(3)20(26)18-10-9-16-6-4-7-17(16)12-18/h5,8-12,14-15H,4,6-7,13H2,1-3H3/t15-/m0/s1. The Labute approximate surface area is 169 Å². The summed E-state index contributed by atoms with van der Waals surface area (Å²) in [5.74, 6) is 2.12. The number of furan rings is 1. The molecule has 28 heavy (non-hydrogen) atoms. The van der Waals surface area contributed by atoms with Crippen LogP contribution in [0.2, 0.25) is 0 Å². The van der Waals surface area contributed by atoms with Gasteiger partial charge in [-0.2, -0.15) is 0 Å². The predicted octanol–water partition coefficient (Wildman–Crippen LogP) is 4.90. The zero-order valence-corrected chi connectivity index (χ0v) is 17.3. The molecule has 0 aliphatic heterocycles. The minimum absolute atomic E-state index is 0.137. The van der Waals surface area contributed by atoms with Crippen LogP contribution in [0.4, 0.5) is 0 Å². The number of nitrogens with zero attached hydrogens (tertiary/aromatic N) is 3. The van der Waals surface area contributed by atoms with Gasteiger partial charge in [-0.15, -0.1) is 10.2 Å². The number of carbonyl (C=O) groups is 1. The zero-order chi connectivity index (χ0) is 19.7. The van der Waals surface area contributed by atoms with E-state index in [0.717, 1.165) is 35.1 Å². The molecule has 5 nitrogen and oxygen atoms in total. The lowest BCUT2D eigenvalue weighted by atomic mass is 10.0. The number of aromatic nitrogens is 3. The fourth-order valence-electron chi connectivity index (χ4n) is 3.69. The molecule has 146 valence electrons. The molecule has 0 bridgehead atoms. The second-order valence-corrected chi connectivity index (χ2v) is 8.93. The number of ketones is 1. The van der Waals surface area contributed by atoms with Gasteiger partial charge in [0.25, 0.3) is 0 Å². The van der Waals surface area contributed by atoms with Crippen molar-refractivity contribution in [3.05, 3.63) is 64.9 Å². The van der Waals surface area contributed by atoms with Crippen LogP contribution in [0.25, 0.3) is 0 Å². The molecule has 1 aromatic carbocycles. The Bertz CT molecular complexity index is 976. The van der Waals surface area contributed by atoms with Crippen LogP contribution in [0.3, 0.4) is 0 Å². The van der Waals surface area contributed by atoms with Gasteiger partial charge in [0.15, 0.2) is 10.9 Å². The maximum Gasteiger partial charge on any atom is 0.192 e. The SMILES string of the molecule is CC(C)c1nnc(S[C@@H](C)C(=O)c2ccc3c(c2)CCC3)n1Cc1ccco1. The molecule has 0 N–H and O–H groups in total. The summed E-state index contributed by atoms with van der Waals surface area (Å²) in [5, 5.41) is 9.26. The topological polar surface area (TPSA) is 60.9 Å². The van der Waals surface area contributed by atoms with Crippen LogP contribution >= 0.6 is 11.8 Å². The minimum atomic E-state index is -0.237. The molecule has 6 heteroatoms. The van der Waals surface area contributed by atoms with Crippen molar-refractivity contribution in [3.63, 3.8) is 0 Å². The van der Waals surface area contributed by atoms with Crippen LogP contribution in [0, 0.1) is 0 Å². The van der Waals surface area contributed by atoms with Crippen molar-refractivity contribution < 1.29 is 9.21 Å². The summed E-state index contributed by atoms with van der Waals surface area (Å²) in [6.45, 7) is 6.70. The molecule has 0 radical (unpaired) electrons. The molecule has 1 atom stereocenters. The molecular formula is C22H25N3O2S. The summed E-state index contributed by atoms with van der Waals surface area (Å²) in [4.78, 5) is 13.0. The van der Waals surface area contributed by atoms with Crippen molar-refractivity contribution in [3.8, 4) is 0 Å². The summed E-state index contributed by atoms with van der Waals surface area (Å²) >= 11 is 1.46. The van der Waals surface area contributed by atoms with Crippen LogP contribution in [0.1, 0.15) is 66.2 Å². The lowest BCUT2D eigenvalue weighted by molar-refractivity contribution is 0.0993. The Morgan fingerprint density at radius 1 is 1.18 bits per heavy atom. The molecule has 0 spiro atoms. The number of fused-ring (bicyclic) bond motifs is 1. The molecular weight excluding hydrogens is 370 g/mol. The maximum atomic E-state index is 13.0. The average Bonchev–Trinajstić information content (AvgIpc) is 3.42. The lowest BCUT2D eigenvalue weighted by Crippen LogP contribution is -2.16. The van der Waals surface area contributed by atoms with Crippen LogP contribution in [0.5, 0.6) is 0 Å². The third kappa shape index (κ3) is 3.78. The van der Waals surface area contributed by atoms with Gasteiger partial charge in [-0.25, -0.2) is 0 Å². The van der Waals surface area contributed by atoms with E-state index in [0.29, 0.717) is 6.54 Å². The summed E-state index contributed by atoms with van der Waals surface area (Å²) in [5.41, 5.74) is 3.50. The van der Waals surface area contributed by atoms with E-state index in [2.05, 4.69) is 40.7 Å². The van der Waals surface area contributed by atoms with Crippen molar-refractivity contribution in [1.82, 2.24) is 14.8 Å². The number of thioether (sulfide) groups is 1. The van der Waals surface area contributed by atoms with Crippen molar-refractivity contribution in [1.29, 1.82) is 0 Å². The number of hydrogen-bond acceptors (Lipinski definition) is 5. The molecule has 0 saturated carbocycles. The smallest absolute Gasteiger partial charge is 0.192 e. The van der Waals surface area contributed by atoms with Crippen LogP contribution in [-0.2, 0) is 19.4 Å². The van der Waals surface area contributed by atoms with E-state index < -0.39 is 0 Å². The highest BCUT2D eigenvalue weighted by Crippen LogP contribution is 2.29. The lowest BCUT2D eigenvalue weighted by Gasteiger charge is -2.14. The Balaban J connectivity index is 1.55. The molecule has 2 aromatic heterocycles. The number of hydrogen-bond donors (Lipinski definition) is 0. The van der Waals surface area contributed by atoms with Crippen LogP contribution in [0.15, 0.2) is 46.2 Å².